The number of carbonyl (C=O) groups excluding carboxylic acids is 2. The summed E-state index contributed by atoms with van der Waals surface area (Å²) in [6.07, 6.45) is -2.64. The van der Waals surface area contributed by atoms with Crippen LogP contribution < -0.4 is 10.6 Å². The molecule has 1 fully saturated rings. The molecule has 0 aromatic heterocycles. The van der Waals surface area contributed by atoms with Crippen LogP contribution in [0.25, 0.3) is 11.1 Å². The summed E-state index contributed by atoms with van der Waals surface area (Å²) in [6.45, 7) is 0.0504. The summed E-state index contributed by atoms with van der Waals surface area (Å²) in [5.74, 6) is -1.96. The fourth-order valence-electron chi connectivity index (χ4n) is 5.00. The van der Waals surface area contributed by atoms with Gasteiger partial charge in [-0.3, -0.25) is 9.59 Å². The zero-order chi connectivity index (χ0) is 25.0. The van der Waals surface area contributed by atoms with Gasteiger partial charge in [0.15, 0.2) is 0 Å². The number of aliphatic carboxylic acids is 1. The largest absolute Gasteiger partial charge is 0.481 e. The number of fused-ring (bicyclic) bond motifs is 3. The highest BCUT2D eigenvalue weighted by atomic mass is 19.3. The Morgan fingerprint density at radius 1 is 1.03 bits per heavy atom. The smallest absolute Gasteiger partial charge is 0.407 e. The second-order valence-electron chi connectivity index (χ2n) is 9.29. The maximum absolute atomic E-state index is 13.1. The number of alkyl carbamates (subject to hydrolysis) is 1. The van der Waals surface area contributed by atoms with Crippen LogP contribution in [0.5, 0.6) is 0 Å². The lowest BCUT2D eigenvalue weighted by Crippen LogP contribution is -2.51. The molecule has 2 aromatic carbocycles. The van der Waals surface area contributed by atoms with Gasteiger partial charge in [-0.25, -0.2) is 13.6 Å². The van der Waals surface area contributed by atoms with Gasteiger partial charge in [0, 0.05) is 18.9 Å². The van der Waals surface area contributed by atoms with Gasteiger partial charge in [-0.15, -0.1) is 0 Å². The molecule has 2 aliphatic rings. The van der Waals surface area contributed by atoms with Gasteiger partial charge >= 0.3 is 12.1 Å². The summed E-state index contributed by atoms with van der Waals surface area (Å²) in [7, 11) is 0. The molecule has 1 unspecified atom stereocenters. The van der Waals surface area contributed by atoms with Crippen LogP contribution in [0.1, 0.15) is 49.1 Å². The predicted molar refractivity (Wildman–Crippen MR) is 124 cm³/mol. The number of carbonyl (C=O) groups is 3. The van der Waals surface area contributed by atoms with Crippen LogP contribution >= 0.6 is 0 Å². The molecule has 9 heteroatoms. The molecule has 7 nitrogen and oxygen atoms in total. The zero-order valence-electron chi connectivity index (χ0n) is 19.1. The molecule has 35 heavy (non-hydrogen) atoms. The highest BCUT2D eigenvalue weighted by molar-refractivity contribution is 5.86. The van der Waals surface area contributed by atoms with Crippen molar-refractivity contribution in [3.8, 4) is 11.1 Å². The first-order chi connectivity index (χ1) is 16.8. The van der Waals surface area contributed by atoms with Gasteiger partial charge in [-0.2, -0.15) is 0 Å². The van der Waals surface area contributed by atoms with Crippen LogP contribution in [0.15, 0.2) is 48.5 Å². The third-order valence-electron chi connectivity index (χ3n) is 6.94. The van der Waals surface area contributed by atoms with Crippen molar-refractivity contribution in [1.29, 1.82) is 0 Å². The van der Waals surface area contributed by atoms with Gasteiger partial charge in [0.1, 0.15) is 12.6 Å². The van der Waals surface area contributed by atoms with Crippen molar-refractivity contribution in [2.45, 2.75) is 50.5 Å². The lowest BCUT2D eigenvalue weighted by Gasteiger charge is -2.41. The maximum atomic E-state index is 13.1. The Kier molecular flexibility index (Phi) is 7.33. The molecule has 186 valence electrons. The second kappa shape index (κ2) is 10.4. The molecular formula is C26H28F2N2O5. The molecule has 2 aliphatic carbocycles. The molecule has 2 aromatic rings. The topological polar surface area (TPSA) is 105 Å². The number of benzene rings is 2. The van der Waals surface area contributed by atoms with Crippen LogP contribution in [-0.2, 0) is 14.3 Å². The normalized spacial score (nSPS) is 16.5. The molecule has 0 saturated heterocycles. The number of halogens is 2. The van der Waals surface area contributed by atoms with E-state index in [2.05, 4.69) is 10.6 Å². The Balaban J connectivity index is 1.37. The van der Waals surface area contributed by atoms with E-state index in [0.717, 1.165) is 28.7 Å². The van der Waals surface area contributed by atoms with E-state index < -0.39 is 42.3 Å². The fraction of sp³-hybridized carbons (Fsp3) is 0.423. The quantitative estimate of drug-likeness (QED) is 0.464. The average Bonchev–Trinajstić information content (AvgIpc) is 3.12. The standard InChI is InChI=1S/C26H28F2N2O5/c27-22(28)12-21(24(33)29-15-26(10-5-11-26)13-23(31)32)30-25(34)35-14-20-18-8-3-1-6-16(18)17-7-2-4-9-19(17)20/h1-4,6-9,20-22H,5,10-15H2,(H,29,33)(H,30,34)(H,31,32). The average molecular weight is 487 g/mol. The molecule has 0 spiro atoms. The molecule has 2 amide bonds. The molecule has 3 N–H and O–H groups in total. The molecule has 0 radical (unpaired) electrons. The van der Waals surface area contributed by atoms with Crippen LogP contribution in [0.3, 0.4) is 0 Å². The van der Waals surface area contributed by atoms with Gasteiger partial charge in [-0.05, 0) is 40.5 Å². The summed E-state index contributed by atoms with van der Waals surface area (Å²) >= 11 is 0. The molecular weight excluding hydrogens is 458 g/mol. The summed E-state index contributed by atoms with van der Waals surface area (Å²) < 4.78 is 31.6. The van der Waals surface area contributed by atoms with Crippen LogP contribution in [0.2, 0.25) is 0 Å². The van der Waals surface area contributed by atoms with Crippen molar-refractivity contribution in [2.24, 2.45) is 5.41 Å². The number of hydrogen-bond donors (Lipinski definition) is 3. The van der Waals surface area contributed by atoms with Crippen molar-refractivity contribution < 1.29 is 33.0 Å². The first kappa shape index (κ1) is 24.6. The van der Waals surface area contributed by atoms with E-state index in [0.29, 0.717) is 12.8 Å². The molecule has 0 aliphatic heterocycles. The van der Waals surface area contributed by atoms with Crippen molar-refractivity contribution >= 4 is 18.0 Å². The van der Waals surface area contributed by atoms with Gasteiger partial charge in [-0.1, -0.05) is 55.0 Å². The van der Waals surface area contributed by atoms with E-state index in [-0.39, 0.29) is 25.5 Å². The minimum absolute atomic E-state index is 0.00933. The lowest BCUT2D eigenvalue weighted by atomic mass is 9.66. The van der Waals surface area contributed by atoms with E-state index in [1.54, 1.807) is 0 Å². The van der Waals surface area contributed by atoms with Crippen molar-refractivity contribution in [2.75, 3.05) is 13.2 Å². The molecule has 1 atom stereocenters. The first-order valence-corrected chi connectivity index (χ1v) is 11.7. The predicted octanol–water partition coefficient (Wildman–Crippen LogP) is 4.31. The van der Waals surface area contributed by atoms with E-state index >= 15 is 0 Å². The Bertz CT molecular complexity index is 1060. The third-order valence-corrected chi connectivity index (χ3v) is 6.94. The number of carboxylic acid groups (broad SMARTS) is 1. The minimum Gasteiger partial charge on any atom is -0.481 e. The van der Waals surface area contributed by atoms with Crippen molar-refractivity contribution in [3.05, 3.63) is 59.7 Å². The summed E-state index contributed by atoms with van der Waals surface area (Å²) in [5, 5.41) is 13.9. The molecule has 1 saturated carbocycles. The number of alkyl halides is 2. The SMILES string of the molecule is O=C(O)CC1(CNC(=O)C(CC(F)F)NC(=O)OCC2c3ccccc3-c3ccccc32)CCC1. The molecule has 0 heterocycles. The van der Waals surface area contributed by atoms with E-state index in [4.69, 9.17) is 9.84 Å². The summed E-state index contributed by atoms with van der Waals surface area (Å²) in [4.78, 5) is 36.2. The number of rotatable bonds is 10. The zero-order valence-corrected chi connectivity index (χ0v) is 19.1. The Morgan fingerprint density at radius 2 is 1.63 bits per heavy atom. The number of amides is 2. The Morgan fingerprint density at radius 3 is 2.14 bits per heavy atom. The fourth-order valence-corrected chi connectivity index (χ4v) is 5.00. The van der Waals surface area contributed by atoms with Gasteiger partial charge in [0.25, 0.3) is 0 Å². The highest BCUT2D eigenvalue weighted by Crippen LogP contribution is 2.45. The third kappa shape index (κ3) is 5.61. The monoisotopic (exact) mass is 486 g/mol. The Hall–Kier alpha value is -3.49. The minimum atomic E-state index is -2.82. The first-order valence-electron chi connectivity index (χ1n) is 11.7. The van der Waals surface area contributed by atoms with Crippen molar-refractivity contribution in [3.63, 3.8) is 0 Å². The summed E-state index contributed by atoms with van der Waals surface area (Å²) in [5.41, 5.74) is 3.55. The molecule has 4 rings (SSSR count). The maximum Gasteiger partial charge on any atom is 0.407 e. The second-order valence-corrected chi connectivity index (χ2v) is 9.29. The van der Waals surface area contributed by atoms with Crippen molar-refractivity contribution in [1.82, 2.24) is 10.6 Å². The van der Waals surface area contributed by atoms with E-state index in [1.807, 2.05) is 48.5 Å². The van der Waals surface area contributed by atoms with Gasteiger partial charge in [0.05, 0.1) is 6.42 Å². The number of ether oxygens (including phenoxy) is 1. The number of hydrogen-bond acceptors (Lipinski definition) is 4. The van der Waals surface area contributed by atoms with Crippen LogP contribution in [0.4, 0.5) is 13.6 Å². The van der Waals surface area contributed by atoms with Crippen LogP contribution in [0, 0.1) is 5.41 Å². The van der Waals surface area contributed by atoms with E-state index in [1.165, 1.54) is 0 Å². The molecule has 0 bridgehead atoms. The number of nitrogens with one attached hydrogen (secondary N) is 2. The highest BCUT2D eigenvalue weighted by Gasteiger charge is 2.40. The van der Waals surface area contributed by atoms with Gasteiger partial charge in [0.2, 0.25) is 12.3 Å². The van der Waals surface area contributed by atoms with Crippen LogP contribution in [-0.4, -0.2) is 48.7 Å². The number of carboxylic acids is 1. The van der Waals surface area contributed by atoms with Gasteiger partial charge < -0.3 is 20.5 Å². The van der Waals surface area contributed by atoms with E-state index in [9.17, 15) is 23.2 Å². The summed E-state index contributed by atoms with van der Waals surface area (Å²) in [6, 6.07) is 14.1. The Labute approximate surface area is 201 Å². The lowest BCUT2D eigenvalue weighted by molar-refractivity contribution is -0.142.